The normalized spacial score (nSPS) is 10.2. The number of carbonyl (C=O) groups is 1. The van der Waals surface area contributed by atoms with Crippen molar-refractivity contribution in [3.05, 3.63) is 39.0 Å². The molecule has 5 heteroatoms. The van der Waals surface area contributed by atoms with Crippen molar-refractivity contribution in [2.24, 2.45) is 0 Å². The highest BCUT2D eigenvalue weighted by molar-refractivity contribution is 14.1. The Morgan fingerprint density at radius 1 is 1.47 bits per heavy atom. The van der Waals surface area contributed by atoms with Crippen LogP contribution in [0.5, 0.6) is 0 Å². The molecular weight excluding hydrogens is 325 g/mol. The third kappa shape index (κ3) is 2.18. The number of benzene rings is 1. The number of halogens is 1. The smallest absolute Gasteiger partial charge is 0.356 e. The Morgan fingerprint density at radius 2 is 2.27 bits per heavy atom. The first-order chi connectivity index (χ1) is 7.18. The molecule has 2 rings (SSSR count). The second-order valence-electron chi connectivity index (χ2n) is 2.85. The van der Waals surface area contributed by atoms with E-state index in [-0.39, 0.29) is 5.69 Å². The summed E-state index contributed by atoms with van der Waals surface area (Å²) >= 11 is 3.54. The number of hydrogen-bond acceptors (Lipinski definition) is 3. The molecule has 76 valence electrons. The average Bonchev–Trinajstić information content (AvgIpc) is 2.65. The molecule has 3 nitrogen and oxygen atoms in total. The molecule has 0 amide bonds. The molecule has 2 aromatic rings. The minimum Gasteiger partial charge on any atom is -0.476 e. The fraction of sp³-hybridized carbons (Fsp3) is 0. The Hall–Kier alpha value is -0.950. The molecule has 0 fully saturated rings. The second-order valence-corrected chi connectivity index (χ2v) is 4.95. The van der Waals surface area contributed by atoms with Crippen molar-refractivity contribution in [1.29, 1.82) is 0 Å². The molecule has 0 aliphatic rings. The summed E-state index contributed by atoms with van der Waals surface area (Å²) in [5.74, 6) is -0.981. The van der Waals surface area contributed by atoms with E-state index in [1.807, 2.05) is 24.3 Å². The second kappa shape index (κ2) is 4.28. The topological polar surface area (TPSA) is 50.2 Å². The van der Waals surface area contributed by atoms with Gasteiger partial charge in [-0.05, 0) is 40.3 Å². The van der Waals surface area contributed by atoms with Crippen LogP contribution in [0.4, 0.5) is 0 Å². The molecule has 0 spiro atoms. The van der Waals surface area contributed by atoms with Crippen LogP contribution >= 0.6 is 33.9 Å². The van der Waals surface area contributed by atoms with E-state index in [1.165, 1.54) is 11.3 Å². The van der Waals surface area contributed by atoms with Crippen molar-refractivity contribution >= 4 is 39.9 Å². The van der Waals surface area contributed by atoms with Crippen LogP contribution in [0.15, 0.2) is 29.8 Å². The van der Waals surface area contributed by atoms with Crippen LogP contribution in [0.25, 0.3) is 10.4 Å². The SMILES string of the molecule is O=C(O)c1ncsc1-c1cccc(I)c1. The van der Waals surface area contributed by atoms with Crippen molar-refractivity contribution in [3.8, 4) is 10.4 Å². The zero-order chi connectivity index (χ0) is 10.8. The quantitative estimate of drug-likeness (QED) is 0.861. The molecule has 0 atom stereocenters. The maximum absolute atomic E-state index is 10.9. The first-order valence-electron chi connectivity index (χ1n) is 4.11. The third-order valence-electron chi connectivity index (χ3n) is 1.86. The summed E-state index contributed by atoms with van der Waals surface area (Å²) in [6.07, 6.45) is 0. The summed E-state index contributed by atoms with van der Waals surface area (Å²) in [6, 6.07) is 7.70. The number of carboxylic acid groups (broad SMARTS) is 1. The summed E-state index contributed by atoms with van der Waals surface area (Å²) in [4.78, 5) is 15.4. The summed E-state index contributed by atoms with van der Waals surface area (Å²) in [7, 11) is 0. The first kappa shape index (κ1) is 10.6. The van der Waals surface area contributed by atoms with Crippen LogP contribution in [0.1, 0.15) is 10.5 Å². The summed E-state index contributed by atoms with van der Waals surface area (Å²) in [5.41, 5.74) is 2.59. The van der Waals surface area contributed by atoms with E-state index >= 15 is 0 Å². The Labute approximate surface area is 104 Å². The molecule has 0 radical (unpaired) electrons. The zero-order valence-corrected chi connectivity index (χ0v) is 10.4. The van der Waals surface area contributed by atoms with E-state index in [4.69, 9.17) is 5.11 Å². The Morgan fingerprint density at radius 3 is 2.93 bits per heavy atom. The van der Waals surface area contributed by atoms with Crippen LogP contribution in [0, 0.1) is 3.57 Å². The molecule has 0 unspecified atom stereocenters. The van der Waals surface area contributed by atoms with Crippen LogP contribution < -0.4 is 0 Å². The van der Waals surface area contributed by atoms with Crippen molar-refractivity contribution in [1.82, 2.24) is 4.98 Å². The molecule has 0 saturated heterocycles. The van der Waals surface area contributed by atoms with Gasteiger partial charge in [0.15, 0.2) is 5.69 Å². The Balaban J connectivity index is 2.54. The minimum absolute atomic E-state index is 0.127. The average molecular weight is 331 g/mol. The molecule has 1 N–H and O–H groups in total. The number of aromatic nitrogens is 1. The largest absolute Gasteiger partial charge is 0.476 e. The Kier molecular flexibility index (Phi) is 3.01. The number of carboxylic acids is 1. The Bertz CT molecular complexity index is 510. The van der Waals surface area contributed by atoms with Gasteiger partial charge >= 0.3 is 5.97 Å². The molecule has 1 heterocycles. The molecule has 0 aliphatic carbocycles. The lowest BCUT2D eigenvalue weighted by Crippen LogP contribution is -1.98. The molecular formula is C10H6INO2S. The number of hydrogen-bond donors (Lipinski definition) is 1. The maximum Gasteiger partial charge on any atom is 0.356 e. The fourth-order valence-electron chi connectivity index (χ4n) is 1.23. The van der Waals surface area contributed by atoms with Gasteiger partial charge in [-0.15, -0.1) is 11.3 Å². The van der Waals surface area contributed by atoms with E-state index in [0.29, 0.717) is 4.88 Å². The lowest BCUT2D eigenvalue weighted by molar-refractivity contribution is 0.0692. The van der Waals surface area contributed by atoms with Crippen molar-refractivity contribution < 1.29 is 9.90 Å². The van der Waals surface area contributed by atoms with Gasteiger partial charge in [-0.25, -0.2) is 9.78 Å². The van der Waals surface area contributed by atoms with Gasteiger partial charge < -0.3 is 5.11 Å². The van der Waals surface area contributed by atoms with Crippen LogP contribution in [0.2, 0.25) is 0 Å². The monoisotopic (exact) mass is 331 g/mol. The van der Waals surface area contributed by atoms with E-state index in [1.54, 1.807) is 5.51 Å². The van der Waals surface area contributed by atoms with Crippen molar-refractivity contribution in [3.63, 3.8) is 0 Å². The molecule has 0 aliphatic heterocycles. The minimum atomic E-state index is -0.981. The number of thiazole rings is 1. The molecule has 0 saturated carbocycles. The first-order valence-corrected chi connectivity index (χ1v) is 6.07. The van der Waals surface area contributed by atoms with Crippen LogP contribution in [-0.2, 0) is 0 Å². The van der Waals surface area contributed by atoms with Crippen molar-refractivity contribution in [2.45, 2.75) is 0 Å². The lowest BCUT2D eigenvalue weighted by atomic mass is 10.1. The summed E-state index contributed by atoms with van der Waals surface area (Å²) in [6.45, 7) is 0. The van der Waals surface area contributed by atoms with E-state index < -0.39 is 5.97 Å². The molecule has 15 heavy (non-hydrogen) atoms. The number of nitrogens with zero attached hydrogens (tertiary/aromatic N) is 1. The molecule has 0 bridgehead atoms. The van der Waals surface area contributed by atoms with Gasteiger partial charge in [0, 0.05) is 3.57 Å². The van der Waals surface area contributed by atoms with Gasteiger partial charge in [0.25, 0.3) is 0 Å². The van der Waals surface area contributed by atoms with Gasteiger partial charge in [0.05, 0.1) is 10.4 Å². The number of aromatic carboxylic acids is 1. The van der Waals surface area contributed by atoms with Crippen molar-refractivity contribution in [2.75, 3.05) is 0 Å². The van der Waals surface area contributed by atoms with Gasteiger partial charge in [-0.3, -0.25) is 0 Å². The van der Waals surface area contributed by atoms with Crippen LogP contribution in [0.3, 0.4) is 0 Å². The predicted octanol–water partition coefficient (Wildman–Crippen LogP) is 3.11. The summed E-state index contributed by atoms with van der Waals surface area (Å²) in [5, 5.41) is 8.93. The van der Waals surface area contributed by atoms with E-state index in [9.17, 15) is 4.79 Å². The van der Waals surface area contributed by atoms with Gasteiger partial charge in [-0.2, -0.15) is 0 Å². The third-order valence-corrected chi connectivity index (χ3v) is 3.40. The standard InChI is InChI=1S/C10H6INO2S/c11-7-3-1-2-6(4-7)9-8(10(13)14)12-5-15-9/h1-5H,(H,13,14). The predicted molar refractivity (Wildman–Crippen MR) is 67.2 cm³/mol. The van der Waals surface area contributed by atoms with E-state index in [0.717, 1.165) is 9.13 Å². The molecule has 1 aromatic carbocycles. The maximum atomic E-state index is 10.9. The summed E-state index contributed by atoms with van der Waals surface area (Å²) < 4.78 is 1.08. The highest BCUT2D eigenvalue weighted by Crippen LogP contribution is 2.28. The highest BCUT2D eigenvalue weighted by Gasteiger charge is 2.14. The van der Waals surface area contributed by atoms with Gasteiger partial charge in [-0.1, -0.05) is 12.1 Å². The zero-order valence-electron chi connectivity index (χ0n) is 7.48. The lowest BCUT2D eigenvalue weighted by Gasteiger charge is -1.99. The fourth-order valence-corrected chi connectivity index (χ4v) is 2.55. The molecule has 1 aromatic heterocycles. The van der Waals surface area contributed by atoms with Crippen LogP contribution in [-0.4, -0.2) is 16.1 Å². The van der Waals surface area contributed by atoms with Gasteiger partial charge in [0.2, 0.25) is 0 Å². The number of rotatable bonds is 2. The van der Waals surface area contributed by atoms with E-state index in [2.05, 4.69) is 27.6 Å². The van der Waals surface area contributed by atoms with Gasteiger partial charge in [0.1, 0.15) is 0 Å². The highest BCUT2D eigenvalue weighted by atomic mass is 127.